The Kier molecular flexibility index (Phi) is 10.4. The van der Waals surface area contributed by atoms with Gasteiger partial charge in [0.25, 0.3) is 11.8 Å². The van der Waals surface area contributed by atoms with Crippen LogP contribution in [-0.2, 0) is 4.79 Å². The Labute approximate surface area is 229 Å². The van der Waals surface area contributed by atoms with Gasteiger partial charge in [-0.2, -0.15) is 5.10 Å². The normalized spacial score (nSPS) is 10.7. The van der Waals surface area contributed by atoms with Crippen LogP contribution in [0.3, 0.4) is 0 Å². The number of hydrazone groups is 1. The summed E-state index contributed by atoms with van der Waals surface area (Å²) in [5.41, 5.74) is 3.86. The number of nitrogens with one attached hydrogen (secondary N) is 2. The minimum absolute atomic E-state index is 0.147. The van der Waals surface area contributed by atoms with E-state index in [0.717, 1.165) is 6.42 Å². The number of hydrogen-bond acceptors (Lipinski definition) is 6. The van der Waals surface area contributed by atoms with Crippen molar-refractivity contribution in [3.05, 3.63) is 80.8 Å². The lowest BCUT2D eigenvalue weighted by atomic mass is 10.2. The summed E-state index contributed by atoms with van der Waals surface area (Å²) in [6.45, 7) is 2.23. The lowest BCUT2D eigenvalue weighted by Crippen LogP contribution is -2.20. The van der Waals surface area contributed by atoms with Crippen LogP contribution in [0.4, 0.5) is 5.69 Å². The van der Waals surface area contributed by atoms with Crippen LogP contribution in [0.25, 0.3) is 0 Å². The van der Waals surface area contributed by atoms with Gasteiger partial charge < -0.3 is 19.5 Å². The van der Waals surface area contributed by atoms with E-state index in [1.165, 1.54) is 13.3 Å². The monoisotopic (exact) mass is 563 g/mol. The van der Waals surface area contributed by atoms with E-state index >= 15 is 0 Å². The lowest BCUT2D eigenvalue weighted by molar-refractivity contribution is -0.118. The molecule has 0 fully saturated rings. The summed E-state index contributed by atoms with van der Waals surface area (Å²) in [5, 5.41) is 7.54. The Bertz CT molecular complexity index is 1260. The quantitative estimate of drug-likeness (QED) is 0.213. The first-order chi connectivity index (χ1) is 17.8. The van der Waals surface area contributed by atoms with Crippen molar-refractivity contribution < 1.29 is 23.8 Å². The first kappa shape index (κ1) is 28.1. The van der Waals surface area contributed by atoms with E-state index in [1.807, 2.05) is 6.92 Å². The third-order valence-electron chi connectivity index (χ3n) is 4.76. The molecule has 3 rings (SSSR count). The van der Waals surface area contributed by atoms with Gasteiger partial charge in [0, 0.05) is 16.3 Å². The van der Waals surface area contributed by atoms with Crippen LogP contribution in [0.1, 0.15) is 29.3 Å². The molecule has 0 bridgehead atoms. The number of benzene rings is 3. The third kappa shape index (κ3) is 8.28. The summed E-state index contributed by atoms with van der Waals surface area (Å²) in [6.07, 6.45) is 2.23. The van der Waals surface area contributed by atoms with Crippen molar-refractivity contribution in [1.82, 2.24) is 5.43 Å². The van der Waals surface area contributed by atoms with Gasteiger partial charge in [-0.1, -0.05) is 41.7 Å². The second-order valence-electron chi connectivity index (χ2n) is 7.57. The van der Waals surface area contributed by atoms with E-state index in [1.54, 1.807) is 54.6 Å². The number of rotatable bonds is 11. The van der Waals surface area contributed by atoms with Gasteiger partial charge in [-0.25, -0.2) is 5.43 Å². The highest BCUT2D eigenvalue weighted by Crippen LogP contribution is 2.34. The Hall–Kier alpha value is -3.46. The molecule has 0 aromatic heterocycles. The molecule has 3 aromatic rings. The number of nitrogens with zero attached hydrogens (tertiary/aromatic N) is 1. The molecule has 194 valence electrons. The second-order valence-corrected chi connectivity index (χ2v) is 8.82. The topological polar surface area (TPSA) is 98.3 Å². The molecule has 3 aromatic carbocycles. The molecule has 0 saturated carbocycles. The number of hydrogen-bond donors (Lipinski definition) is 2. The Morgan fingerprint density at radius 2 is 1.65 bits per heavy atom. The summed E-state index contributed by atoms with van der Waals surface area (Å²) in [6, 6.07) is 14.6. The molecular formula is C26H24Cl3N3O5. The van der Waals surface area contributed by atoms with Crippen molar-refractivity contribution in [1.29, 1.82) is 0 Å². The minimum atomic E-state index is -0.444. The summed E-state index contributed by atoms with van der Waals surface area (Å²) < 4.78 is 16.4. The molecule has 0 atom stereocenters. The van der Waals surface area contributed by atoms with Gasteiger partial charge in [-0.05, 0) is 66.6 Å². The second kappa shape index (κ2) is 13.7. The van der Waals surface area contributed by atoms with Gasteiger partial charge in [0.15, 0.2) is 23.9 Å². The third-order valence-corrected chi connectivity index (χ3v) is 5.58. The van der Waals surface area contributed by atoms with Crippen molar-refractivity contribution >= 4 is 58.5 Å². The van der Waals surface area contributed by atoms with E-state index in [0.29, 0.717) is 39.9 Å². The predicted octanol–water partition coefficient (Wildman–Crippen LogP) is 6.23. The van der Waals surface area contributed by atoms with E-state index in [2.05, 4.69) is 15.8 Å². The maximum absolute atomic E-state index is 12.5. The Morgan fingerprint density at radius 1 is 0.946 bits per heavy atom. The number of amides is 2. The van der Waals surface area contributed by atoms with Crippen LogP contribution < -0.4 is 25.0 Å². The lowest BCUT2D eigenvalue weighted by Gasteiger charge is -2.11. The average Bonchev–Trinajstić information content (AvgIpc) is 2.88. The van der Waals surface area contributed by atoms with E-state index in [9.17, 15) is 9.59 Å². The molecule has 37 heavy (non-hydrogen) atoms. The smallest absolute Gasteiger partial charge is 0.271 e. The SMILES string of the molecule is CCCOc1ccc(C(=O)N/N=C/c2cc(Cl)c(OCC(=O)Nc3ccc(Cl)cc3)c(Cl)c2)cc1OC. The molecule has 2 N–H and O–H groups in total. The van der Waals surface area contributed by atoms with Gasteiger partial charge in [-0.15, -0.1) is 0 Å². The molecule has 0 radical (unpaired) electrons. The molecule has 0 aliphatic carbocycles. The summed E-state index contributed by atoms with van der Waals surface area (Å²) in [7, 11) is 1.50. The van der Waals surface area contributed by atoms with Crippen LogP contribution in [0.15, 0.2) is 59.7 Å². The highest BCUT2D eigenvalue weighted by molar-refractivity contribution is 6.37. The van der Waals surface area contributed by atoms with Gasteiger partial charge in [-0.3, -0.25) is 9.59 Å². The van der Waals surface area contributed by atoms with Crippen LogP contribution in [0, 0.1) is 0 Å². The van der Waals surface area contributed by atoms with Crippen LogP contribution in [0.2, 0.25) is 15.1 Å². The maximum Gasteiger partial charge on any atom is 0.271 e. The van der Waals surface area contributed by atoms with Crippen LogP contribution in [-0.4, -0.2) is 38.4 Å². The Balaban J connectivity index is 1.58. The van der Waals surface area contributed by atoms with Gasteiger partial charge in [0.05, 0.1) is 30.0 Å². The zero-order valence-electron chi connectivity index (χ0n) is 20.0. The van der Waals surface area contributed by atoms with Gasteiger partial charge in [0.2, 0.25) is 0 Å². The van der Waals surface area contributed by atoms with Crippen molar-refractivity contribution in [2.45, 2.75) is 13.3 Å². The number of halogens is 3. The average molecular weight is 565 g/mol. The van der Waals surface area contributed by atoms with E-state index in [4.69, 9.17) is 49.0 Å². The number of carbonyl (C=O) groups excluding carboxylic acids is 2. The standard InChI is InChI=1S/C26H24Cl3N3O5/c1-3-10-36-22-9-4-17(13-23(22)35-2)26(34)32-30-14-16-11-20(28)25(21(29)12-16)37-15-24(33)31-19-7-5-18(27)6-8-19/h4-9,11-14H,3,10,15H2,1-2H3,(H,31,33)(H,32,34)/b30-14+. The zero-order chi connectivity index (χ0) is 26.8. The molecule has 0 aliphatic rings. The van der Waals surface area contributed by atoms with E-state index in [-0.39, 0.29) is 22.4 Å². The molecule has 0 unspecified atom stereocenters. The zero-order valence-corrected chi connectivity index (χ0v) is 22.3. The number of ether oxygens (including phenoxy) is 3. The molecule has 0 aliphatic heterocycles. The minimum Gasteiger partial charge on any atom is -0.493 e. The molecule has 0 saturated heterocycles. The largest absolute Gasteiger partial charge is 0.493 e. The maximum atomic E-state index is 12.5. The summed E-state index contributed by atoms with van der Waals surface area (Å²) in [4.78, 5) is 24.6. The highest BCUT2D eigenvalue weighted by Gasteiger charge is 2.13. The van der Waals surface area contributed by atoms with Crippen molar-refractivity contribution in [2.24, 2.45) is 5.10 Å². The van der Waals surface area contributed by atoms with Crippen molar-refractivity contribution in [3.63, 3.8) is 0 Å². The van der Waals surface area contributed by atoms with Gasteiger partial charge >= 0.3 is 0 Å². The first-order valence-electron chi connectivity index (χ1n) is 11.1. The first-order valence-corrected chi connectivity index (χ1v) is 12.3. The summed E-state index contributed by atoms with van der Waals surface area (Å²) >= 11 is 18.4. The molecule has 2 amide bonds. The number of anilines is 1. The number of carbonyl (C=O) groups is 2. The molecule has 0 heterocycles. The Morgan fingerprint density at radius 3 is 2.30 bits per heavy atom. The summed E-state index contributed by atoms with van der Waals surface area (Å²) in [5.74, 6) is 0.303. The van der Waals surface area contributed by atoms with Gasteiger partial charge in [0.1, 0.15) is 0 Å². The van der Waals surface area contributed by atoms with Crippen LogP contribution in [0.5, 0.6) is 17.2 Å². The molecule has 11 heteroatoms. The van der Waals surface area contributed by atoms with Crippen molar-refractivity contribution in [2.75, 3.05) is 25.6 Å². The molecule has 0 spiro atoms. The van der Waals surface area contributed by atoms with Crippen molar-refractivity contribution in [3.8, 4) is 17.2 Å². The number of methoxy groups -OCH3 is 1. The molecule has 8 nitrogen and oxygen atoms in total. The fraction of sp³-hybridized carbons (Fsp3) is 0.192. The fourth-order valence-corrected chi connectivity index (χ4v) is 3.77. The highest BCUT2D eigenvalue weighted by atomic mass is 35.5. The molecular weight excluding hydrogens is 541 g/mol. The fourth-order valence-electron chi connectivity index (χ4n) is 3.03. The van der Waals surface area contributed by atoms with Crippen LogP contribution >= 0.6 is 34.8 Å². The van der Waals surface area contributed by atoms with E-state index < -0.39 is 11.8 Å². The predicted molar refractivity (Wildman–Crippen MR) is 146 cm³/mol.